The Bertz CT molecular complexity index is 1000. The Balaban J connectivity index is 1.66. The third-order valence-electron chi connectivity index (χ3n) is 4.47. The van der Waals surface area contributed by atoms with Crippen LogP contribution in [0.2, 0.25) is 0 Å². The van der Waals surface area contributed by atoms with Crippen molar-refractivity contribution in [2.45, 2.75) is 38.8 Å². The van der Waals surface area contributed by atoms with Crippen LogP contribution in [0.25, 0.3) is 0 Å². The fourth-order valence-corrected chi connectivity index (χ4v) is 2.81. The molecule has 2 aromatic rings. The van der Waals surface area contributed by atoms with Gasteiger partial charge in [0.25, 0.3) is 17.5 Å². The third kappa shape index (κ3) is 5.62. The fraction of sp³-hybridized carbons (Fsp3) is 0.333. The summed E-state index contributed by atoms with van der Waals surface area (Å²) in [6.45, 7) is 3.74. The number of amides is 2. The van der Waals surface area contributed by atoms with E-state index < -0.39 is 16.7 Å². The summed E-state index contributed by atoms with van der Waals surface area (Å²) in [6.07, 6.45) is 1.85. The summed E-state index contributed by atoms with van der Waals surface area (Å²) in [5.41, 5.74) is 5.01. The molecule has 0 saturated heterocycles. The Morgan fingerprint density at radius 3 is 2.19 bits per heavy atom. The molecule has 31 heavy (non-hydrogen) atoms. The molecule has 0 heterocycles. The molecule has 0 radical (unpaired) electrons. The molecule has 0 aromatic heterocycles. The SMILES string of the molecule is COc1cc(C(=O)NNC(=O)c2ccc(NC3CC3)c([N+](=O)[O-])c2)ccc1OC(C)C. The quantitative estimate of drug-likeness (QED) is 0.435. The van der Waals surface area contributed by atoms with Gasteiger partial charge in [-0.1, -0.05) is 0 Å². The predicted octanol–water partition coefficient (Wildman–Crippen LogP) is 3.04. The van der Waals surface area contributed by atoms with E-state index in [9.17, 15) is 19.7 Å². The van der Waals surface area contributed by atoms with Gasteiger partial charge >= 0.3 is 0 Å². The first-order chi connectivity index (χ1) is 14.8. The van der Waals surface area contributed by atoms with Crippen LogP contribution in [0.15, 0.2) is 36.4 Å². The zero-order valence-corrected chi connectivity index (χ0v) is 17.4. The van der Waals surface area contributed by atoms with Crippen molar-refractivity contribution in [1.82, 2.24) is 10.9 Å². The van der Waals surface area contributed by atoms with Gasteiger partial charge in [-0.2, -0.15) is 0 Å². The summed E-state index contributed by atoms with van der Waals surface area (Å²) >= 11 is 0. The smallest absolute Gasteiger partial charge is 0.293 e. The lowest BCUT2D eigenvalue weighted by molar-refractivity contribution is -0.384. The molecule has 2 amide bonds. The number of carbonyl (C=O) groups is 2. The number of ether oxygens (including phenoxy) is 2. The number of benzene rings is 2. The number of methoxy groups -OCH3 is 1. The molecule has 2 aromatic carbocycles. The van der Waals surface area contributed by atoms with Crippen LogP contribution in [0, 0.1) is 10.1 Å². The number of nitrogens with zero attached hydrogens (tertiary/aromatic N) is 1. The molecule has 0 aliphatic heterocycles. The van der Waals surface area contributed by atoms with Gasteiger partial charge in [-0.25, -0.2) is 0 Å². The highest BCUT2D eigenvalue weighted by Crippen LogP contribution is 2.31. The molecule has 0 bridgehead atoms. The molecule has 10 heteroatoms. The Morgan fingerprint density at radius 2 is 1.65 bits per heavy atom. The van der Waals surface area contributed by atoms with Crippen molar-refractivity contribution in [3.8, 4) is 11.5 Å². The summed E-state index contributed by atoms with van der Waals surface area (Å²) in [5.74, 6) is -0.391. The lowest BCUT2D eigenvalue weighted by Gasteiger charge is -2.14. The molecular weight excluding hydrogens is 404 g/mol. The van der Waals surface area contributed by atoms with Crippen molar-refractivity contribution in [1.29, 1.82) is 0 Å². The van der Waals surface area contributed by atoms with E-state index in [1.807, 2.05) is 13.8 Å². The number of anilines is 1. The molecule has 0 spiro atoms. The van der Waals surface area contributed by atoms with Crippen molar-refractivity contribution in [2.75, 3.05) is 12.4 Å². The number of carbonyl (C=O) groups excluding carboxylic acids is 2. The highest BCUT2D eigenvalue weighted by atomic mass is 16.6. The monoisotopic (exact) mass is 428 g/mol. The maximum atomic E-state index is 12.4. The number of hydrogen-bond acceptors (Lipinski definition) is 7. The van der Waals surface area contributed by atoms with Gasteiger partial charge in [-0.05, 0) is 57.0 Å². The van der Waals surface area contributed by atoms with E-state index in [2.05, 4.69) is 16.2 Å². The highest BCUT2D eigenvalue weighted by molar-refractivity contribution is 6.00. The van der Waals surface area contributed by atoms with E-state index in [0.29, 0.717) is 17.2 Å². The lowest BCUT2D eigenvalue weighted by Crippen LogP contribution is -2.41. The standard InChI is InChI=1S/C21H24N4O6/c1-12(2)31-18-9-5-14(11-19(18)30-3)21(27)24-23-20(26)13-4-8-16(22-15-6-7-15)17(10-13)25(28)29/h4-5,8-12,15,22H,6-7H2,1-3H3,(H,23,26)(H,24,27). The van der Waals surface area contributed by atoms with Crippen LogP contribution < -0.4 is 25.6 Å². The van der Waals surface area contributed by atoms with E-state index in [1.165, 1.54) is 37.4 Å². The Morgan fingerprint density at radius 1 is 1.03 bits per heavy atom. The van der Waals surface area contributed by atoms with Crippen LogP contribution in [-0.2, 0) is 0 Å². The van der Waals surface area contributed by atoms with E-state index >= 15 is 0 Å². The minimum atomic E-state index is -0.679. The summed E-state index contributed by atoms with van der Waals surface area (Å²) in [7, 11) is 1.46. The second kappa shape index (κ2) is 9.33. The van der Waals surface area contributed by atoms with Gasteiger partial charge in [0.05, 0.1) is 18.1 Å². The maximum Gasteiger partial charge on any atom is 0.293 e. The number of hydrazine groups is 1. The topological polar surface area (TPSA) is 132 Å². The van der Waals surface area contributed by atoms with Gasteiger partial charge in [0.1, 0.15) is 5.69 Å². The lowest BCUT2D eigenvalue weighted by atomic mass is 10.1. The Labute approximate surface area is 179 Å². The fourth-order valence-electron chi connectivity index (χ4n) is 2.81. The number of nitrogens with one attached hydrogen (secondary N) is 3. The number of hydrogen-bond donors (Lipinski definition) is 3. The first-order valence-corrected chi connectivity index (χ1v) is 9.79. The van der Waals surface area contributed by atoms with Crippen LogP contribution in [0.4, 0.5) is 11.4 Å². The van der Waals surface area contributed by atoms with Crippen molar-refractivity contribution in [2.24, 2.45) is 0 Å². The summed E-state index contributed by atoms with van der Waals surface area (Å²) in [5, 5.41) is 14.4. The summed E-state index contributed by atoms with van der Waals surface area (Å²) in [6, 6.07) is 8.98. The summed E-state index contributed by atoms with van der Waals surface area (Å²) < 4.78 is 10.9. The first kappa shape index (κ1) is 21.9. The van der Waals surface area contributed by atoms with E-state index in [1.54, 1.807) is 6.07 Å². The molecule has 1 aliphatic rings. The normalized spacial score (nSPS) is 12.8. The highest BCUT2D eigenvalue weighted by Gasteiger charge is 2.25. The molecular formula is C21H24N4O6. The molecule has 3 N–H and O–H groups in total. The molecule has 0 atom stereocenters. The summed E-state index contributed by atoms with van der Waals surface area (Å²) in [4.78, 5) is 35.6. The molecule has 10 nitrogen and oxygen atoms in total. The van der Waals surface area contributed by atoms with Crippen LogP contribution in [0.5, 0.6) is 11.5 Å². The molecule has 164 valence electrons. The van der Waals surface area contributed by atoms with Crippen LogP contribution >= 0.6 is 0 Å². The maximum absolute atomic E-state index is 12.4. The van der Waals surface area contributed by atoms with E-state index in [0.717, 1.165) is 12.8 Å². The average molecular weight is 428 g/mol. The largest absolute Gasteiger partial charge is 0.493 e. The van der Waals surface area contributed by atoms with Gasteiger partial charge in [0.15, 0.2) is 11.5 Å². The first-order valence-electron chi connectivity index (χ1n) is 9.79. The van der Waals surface area contributed by atoms with E-state index in [-0.39, 0.29) is 29.0 Å². The van der Waals surface area contributed by atoms with Crippen molar-refractivity contribution in [3.63, 3.8) is 0 Å². The Hall–Kier alpha value is -3.82. The zero-order valence-electron chi connectivity index (χ0n) is 17.4. The molecule has 3 rings (SSSR count). The number of nitro groups is 1. The number of rotatable bonds is 8. The van der Waals surface area contributed by atoms with Gasteiger partial charge in [-0.15, -0.1) is 0 Å². The minimum Gasteiger partial charge on any atom is -0.493 e. The van der Waals surface area contributed by atoms with Crippen molar-refractivity contribution in [3.05, 3.63) is 57.6 Å². The molecule has 1 fully saturated rings. The van der Waals surface area contributed by atoms with Crippen molar-refractivity contribution < 1.29 is 24.0 Å². The Kier molecular flexibility index (Phi) is 6.58. The van der Waals surface area contributed by atoms with Gasteiger partial charge in [-0.3, -0.25) is 30.6 Å². The van der Waals surface area contributed by atoms with Crippen LogP contribution in [0.1, 0.15) is 47.4 Å². The number of nitro benzene ring substituents is 1. The molecule has 1 aliphatic carbocycles. The van der Waals surface area contributed by atoms with Gasteiger partial charge < -0.3 is 14.8 Å². The van der Waals surface area contributed by atoms with Gasteiger partial charge in [0, 0.05) is 23.2 Å². The van der Waals surface area contributed by atoms with E-state index in [4.69, 9.17) is 9.47 Å². The predicted molar refractivity (Wildman–Crippen MR) is 113 cm³/mol. The van der Waals surface area contributed by atoms with Crippen molar-refractivity contribution >= 4 is 23.2 Å². The molecule has 0 unspecified atom stereocenters. The third-order valence-corrected chi connectivity index (χ3v) is 4.47. The second-order valence-electron chi connectivity index (χ2n) is 7.35. The van der Waals surface area contributed by atoms with Gasteiger partial charge in [0.2, 0.25) is 0 Å². The van der Waals surface area contributed by atoms with Crippen LogP contribution in [0.3, 0.4) is 0 Å². The molecule has 1 saturated carbocycles. The minimum absolute atomic E-state index is 0.0478. The van der Waals surface area contributed by atoms with Crippen LogP contribution in [-0.4, -0.2) is 36.0 Å². The average Bonchev–Trinajstić information content (AvgIpc) is 3.55. The zero-order chi connectivity index (χ0) is 22.5. The second-order valence-corrected chi connectivity index (χ2v) is 7.35.